The van der Waals surface area contributed by atoms with E-state index in [9.17, 15) is 4.79 Å². The highest BCUT2D eigenvalue weighted by atomic mass is 16.5. The molecule has 0 saturated heterocycles. The number of hydrogen-bond acceptors (Lipinski definition) is 2. The van der Waals surface area contributed by atoms with Gasteiger partial charge in [0, 0.05) is 0 Å². The highest BCUT2D eigenvalue weighted by molar-refractivity contribution is 5.87. The largest absolute Gasteiger partial charge is 0.488 e. The lowest BCUT2D eigenvalue weighted by Gasteiger charge is -2.29. The predicted molar refractivity (Wildman–Crippen MR) is 102 cm³/mol. The fourth-order valence-corrected chi connectivity index (χ4v) is 2.77. The summed E-state index contributed by atoms with van der Waals surface area (Å²) in [5, 5.41) is 9.00. The van der Waals surface area contributed by atoms with E-state index in [0.29, 0.717) is 6.61 Å². The number of carboxylic acid groups (broad SMARTS) is 1. The van der Waals surface area contributed by atoms with Crippen molar-refractivity contribution < 1.29 is 14.6 Å². The van der Waals surface area contributed by atoms with Crippen molar-refractivity contribution in [3.63, 3.8) is 0 Å². The number of hydrogen-bond donors (Lipinski definition) is 1. The summed E-state index contributed by atoms with van der Waals surface area (Å²) in [7, 11) is 0. The van der Waals surface area contributed by atoms with Gasteiger partial charge in [0.15, 0.2) is 0 Å². The molecule has 0 fully saturated rings. The van der Waals surface area contributed by atoms with E-state index < -0.39 is 5.97 Å². The van der Waals surface area contributed by atoms with E-state index in [4.69, 9.17) is 9.84 Å². The summed E-state index contributed by atoms with van der Waals surface area (Å²) in [5.74, 6) is 0.0189. The lowest BCUT2D eigenvalue weighted by molar-refractivity contribution is 0.0697. The molecular formula is C22H28O3. The number of ether oxygens (including phenoxy) is 1. The first-order valence-electron chi connectivity index (χ1n) is 8.59. The van der Waals surface area contributed by atoms with Crippen LogP contribution in [0.2, 0.25) is 0 Å². The van der Waals surface area contributed by atoms with Crippen molar-refractivity contribution in [1.82, 2.24) is 0 Å². The lowest BCUT2D eigenvalue weighted by atomic mass is 9.79. The Morgan fingerprint density at radius 1 is 0.880 bits per heavy atom. The number of rotatable bonds is 4. The van der Waals surface area contributed by atoms with Crippen LogP contribution in [0.15, 0.2) is 42.5 Å². The molecule has 0 aliphatic heterocycles. The molecule has 0 saturated carbocycles. The van der Waals surface area contributed by atoms with E-state index >= 15 is 0 Å². The SMILES string of the molecule is CC(C)(C)c1cccc(C(C)(C)C)c1OCc1ccc(C(=O)O)cc1. The molecule has 25 heavy (non-hydrogen) atoms. The Morgan fingerprint density at radius 2 is 1.36 bits per heavy atom. The quantitative estimate of drug-likeness (QED) is 0.792. The maximum Gasteiger partial charge on any atom is 0.335 e. The monoisotopic (exact) mass is 340 g/mol. The molecule has 3 heteroatoms. The molecule has 0 aromatic heterocycles. The number of para-hydroxylation sites is 1. The molecule has 2 rings (SSSR count). The van der Waals surface area contributed by atoms with Gasteiger partial charge in [-0.2, -0.15) is 0 Å². The molecule has 0 unspecified atom stereocenters. The minimum atomic E-state index is -0.916. The Bertz CT molecular complexity index is 712. The van der Waals surface area contributed by atoms with Crippen molar-refractivity contribution in [3.8, 4) is 5.75 Å². The Kier molecular flexibility index (Phi) is 5.26. The summed E-state index contributed by atoms with van der Waals surface area (Å²) in [4.78, 5) is 11.0. The molecule has 0 aliphatic carbocycles. The van der Waals surface area contributed by atoms with Crippen molar-refractivity contribution in [2.45, 2.75) is 59.0 Å². The number of carbonyl (C=O) groups is 1. The van der Waals surface area contributed by atoms with E-state index in [0.717, 1.165) is 11.3 Å². The van der Waals surface area contributed by atoms with E-state index in [1.165, 1.54) is 11.1 Å². The second-order valence-electron chi connectivity index (χ2n) is 8.47. The molecule has 0 amide bonds. The predicted octanol–water partition coefficient (Wildman–Crippen LogP) is 5.56. The number of aromatic carboxylic acids is 1. The van der Waals surface area contributed by atoms with Crippen LogP contribution < -0.4 is 4.74 Å². The fourth-order valence-electron chi connectivity index (χ4n) is 2.77. The summed E-state index contributed by atoms with van der Waals surface area (Å²) in [6, 6.07) is 13.2. The number of benzene rings is 2. The minimum Gasteiger partial charge on any atom is -0.488 e. The van der Waals surface area contributed by atoms with Gasteiger partial charge in [-0.3, -0.25) is 0 Å². The van der Waals surface area contributed by atoms with Crippen molar-refractivity contribution >= 4 is 5.97 Å². The standard InChI is InChI=1S/C22H28O3/c1-21(2,3)17-8-7-9-18(22(4,5)6)19(17)25-14-15-10-12-16(13-11-15)20(23)24/h7-13H,14H2,1-6H3,(H,23,24). The van der Waals surface area contributed by atoms with Gasteiger partial charge in [-0.25, -0.2) is 4.79 Å². The van der Waals surface area contributed by atoms with E-state index in [-0.39, 0.29) is 16.4 Å². The van der Waals surface area contributed by atoms with Gasteiger partial charge >= 0.3 is 5.97 Å². The molecule has 2 aromatic carbocycles. The summed E-state index contributed by atoms with van der Waals surface area (Å²) >= 11 is 0. The van der Waals surface area contributed by atoms with Crippen LogP contribution in [-0.2, 0) is 17.4 Å². The zero-order valence-corrected chi connectivity index (χ0v) is 16.0. The van der Waals surface area contributed by atoms with Crippen LogP contribution in [0.3, 0.4) is 0 Å². The first kappa shape index (κ1) is 19.0. The first-order chi connectivity index (χ1) is 11.5. The average Bonchev–Trinajstić information content (AvgIpc) is 2.51. The van der Waals surface area contributed by atoms with Gasteiger partial charge in [0.2, 0.25) is 0 Å². The third-order valence-corrected chi connectivity index (χ3v) is 4.22. The van der Waals surface area contributed by atoms with Gasteiger partial charge in [-0.05, 0) is 39.7 Å². The van der Waals surface area contributed by atoms with Crippen molar-refractivity contribution in [1.29, 1.82) is 0 Å². The maximum absolute atomic E-state index is 11.0. The Labute approximate surface area is 150 Å². The zero-order valence-electron chi connectivity index (χ0n) is 16.0. The molecule has 2 aromatic rings. The zero-order chi connectivity index (χ0) is 18.8. The van der Waals surface area contributed by atoms with Crippen molar-refractivity contribution in [2.24, 2.45) is 0 Å². The molecule has 3 nitrogen and oxygen atoms in total. The van der Waals surface area contributed by atoms with Crippen LogP contribution in [-0.4, -0.2) is 11.1 Å². The summed E-state index contributed by atoms with van der Waals surface area (Å²) < 4.78 is 6.26. The van der Waals surface area contributed by atoms with Crippen molar-refractivity contribution in [3.05, 3.63) is 64.7 Å². The fraction of sp³-hybridized carbons (Fsp3) is 0.409. The van der Waals surface area contributed by atoms with Crippen LogP contribution in [0, 0.1) is 0 Å². The summed E-state index contributed by atoms with van der Waals surface area (Å²) in [6.07, 6.45) is 0. The summed E-state index contributed by atoms with van der Waals surface area (Å²) in [5.41, 5.74) is 3.56. The topological polar surface area (TPSA) is 46.5 Å². The van der Waals surface area contributed by atoms with Crippen LogP contribution >= 0.6 is 0 Å². The van der Waals surface area contributed by atoms with Gasteiger partial charge in [0.05, 0.1) is 5.56 Å². The first-order valence-corrected chi connectivity index (χ1v) is 8.59. The molecule has 0 bridgehead atoms. The Morgan fingerprint density at radius 3 is 1.76 bits per heavy atom. The van der Waals surface area contributed by atoms with Gasteiger partial charge in [0.25, 0.3) is 0 Å². The highest BCUT2D eigenvalue weighted by Crippen LogP contribution is 2.39. The molecule has 0 heterocycles. The van der Waals surface area contributed by atoms with Gasteiger partial charge in [-0.15, -0.1) is 0 Å². The third-order valence-electron chi connectivity index (χ3n) is 4.22. The lowest BCUT2D eigenvalue weighted by Crippen LogP contribution is -2.19. The summed E-state index contributed by atoms with van der Waals surface area (Å²) in [6.45, 7) is 13.5. The third kappa shape index (κ3) is 4.62. The van der Waals surface area contributed by atoms with E-state index in [1.54, 1.807) is 24.3 Å². The van der Waals surface area contributed by atoms with E-state index in [1.807, 2.05) is 0 Å². The van der Waals surface area contributed by atoms with Gasteiger partial charge < -0.3 is 9.84 Å². The van der Waals surface area contributed by atoms with Crippen molar-refractivity contribution in [2.75, 3.05) is 0 Å². The molecular weight excluding hydrogens is 312 g/mol. The Balaban J connectivity index is 2.35. The molecule has 0 atom stereocenters. The smallest absolute Gasteiger partial charge is 0.335 e. The van der Waals surface area contributed by atoms with Crippen LogP contribution in [0.25, 0.3) is 0 Å². The second kappa shape index (κ2) is 6.91. The molecule has 1 N–H and O–H groups in total. The van der Waals surface area contributed by atoms with Crippen LogP contribution in [0.4, 0.5) is 0 Å². The minimum absolute atomic E-state index is 0.0240. The maximum atomic E-state index is 11.0. The average molecular weight is 340 g/mol. The molecule has 0 radical (unpaired) electrons. The highest BCUT2D eigenvalue weighted by Gasteiger charge is 2.26. The molecule has 0 spiro atoms. The van der Waals surface area contributed by atoms with Crippen LogP contribution in [0.1, 0.15) is 68.6 Å². The van der Waals surface area contributed by atoms with E-state index in [2.05, 4.69) is 59.7 Å². The molecule has 0 aliphatic rings. The second-order valence-corrected chi connectivity index (χ2v) is 8.47. The number of carboxylic acids is 1. The van der Waals surface area contributed by atoms with Crippen LogP contribution in [0.5, 0.6) is 5.75 Å². The normalized spacial score (nSPS) is 12.1. The Hall–Kier alpha value is -2.29. The van der Waals surface area contributed by atoms with Gasteiger partial charge in [0.1, 0.15) is 12.4 Å². The van der Waals surface area contributed by atoms with Gasteiger partial charge in [-0.1, -0.05) is 71.9 Å². The molecule has 134 valence electrons.